The van der Waals surface area contributed by atoms with Crippen molar-refractivity contribution in [1.29, 1.82) is 0 Å². The Kier molecular flexibility index (Phi) is 22.8. The van der Waals surface area contributed by atoms with Crippen LogP contribution in [0.3, 0.4) is 0 Å². The van der Waals surface area contributed by atoms with Gasteiger partial charge in [0.1, 0.15) is 0 Å². The van der Waals surface area contributed by atoms with E-state index in [4.69, 9.17) is 57.7 Å². The fourth-order valence-corrected chi connectivity index (χ4v) is 0. The molecule has 0 aliphatic carbocycles. The summed E-state index contributed by atoms with van der Waals surface area (Å²) in [6, 6.07) is 0. The van der Waals surface area contributed by atoms with Gasteiger partial charge in [0.2, 0.25) is 0 Å². The van der Waals surface area contributed by atoms with E-state index in [2.05, 4.69) is 0 Å². The maximum absolute atomic E-state index is 8.88. The second kappa shape index (κ2) is 12.5. The summed E-state index contributed by atoms with van der Waals surface area (Å²) >= 11 is 0. The van der Waals surface area contributed by atoms with Gasteiger partial charge in [-0.2, -0.15) is 7.82 Å². The van der Waals surface area contributed by atoms with Crippen LogP contribution in [0.5, 0.6) is 0 Å². The average molecular weight is 353 g/mol. The molecule has 0 aromatic carbocycles. The fraction of sp³-hybridized carbons (Fsp3) is 0. The summed E-state index contributed by atoms with van der Waals surface area (Å²) in [4.78, 5) is 70.1. The molecule has 0 spiro atoms. The summed E-state index contributed by atoms with van der Waals surface area (Å²) in [5.41, 5.74) is 0. The minimum Gasteiger partial charge on any atom is -0.822 e. The van der Waals surface area contributed by atoms with Crippen LogP contribution in [0.1, 0.15) is 0 Å². The molecule has 101 valence electrons. The van der Waals surface area contributed by atoms with Crippen LogP contribution < -0.4 is 38.4 Å². The van der Waals surface area contributed by atoms with Crippen molar-refractivity contribution in [2.75, 3.05) is 0 Å². The van der Waals surface area contributed by atoms with Gasteiger partial charge in [0.15, 0.2) is 0 Å². The molecule has 0 saturated carbocycles. The van der Waals surface area contributed by atoms with Gasteiger partial charge in [0, 0.05) is 0 Å². The van der Waals surface area contributed by atoms with Crippen LogP contribution in [-0.4, -0.2) is 24.5 Å². The minimum absolute atomic E-state index is 0. The third kappa shape index (κ3) is 1990. The van der Waals surface area contributed by atoms with Crippen LogP contribution in [0.2, 0.25) is 0 Å². The van der Waals surface area contributed by atoms with E-state index in [0.717, 1.165) is 0 Å². The second-order valence-electron chi connectivity index (χ2n) is 1.45. The first-order valence-corrected chi connectivity index (χ1v) is 6.83. The van der Waals surface area contributed by atoms with E-state index >= 15 is 0 Å². The van der Waals surface area contributed by atoms with Crippen LogP contribution in [-0.2, 0) is 30.8 Å². The Bertz CT molecular complexity index is 208. The fourth-order valence-electron chi connectivity index (χ4n) is 0. The molecule has 0 rings (SSSR count). The van der Waals surface area contributed by atoms with Gasteiger partial charge in [-0.3, -0.25) is 4.57 Å². The molecule has 12 nitrogen and oxygen atoms in total. The quantitative estimate of drug-likeness (QED) is 0.201. The van der Waals surface area contributed by atoms with E-state index in [9.17, 15) is 0 Å². The molecule has 5 N–H and O–H groups in total. The van der Waals surface area contributed by atoms with Crippen LogP contribution in [0.25, 0.3) is 0 Å². The molecule has 0 saturated heterocycles. The largest absolute Gasteiger partial charge is 3.00 e. The summed E-state index contributed by atoms with van der Waals surface area (Å²) in [5.74, 6) is 0. The monoisotopic (exact) mass is 353 g/mol. The SMILES string of the molecule is O=P(O)(O)O.O=P([O-])(O)O.O=P([O-])([O-])[O-].[Fe+3].[Li+]. The molecule has 0 aromatic rings. The zero-order valence-electron chi connectivity index (χ0n) is 7.79. The van der Waals surface area contributed by atoms with Crippen LogP contribution >= 0.6 is 23.5 Å². The molecule has 0 amide bonds. The molecule has 0 aromatic heterocycles. The van der Waals surface area contributed by atoms with Crippen molar-refractivity contribution in [2.45, 2.75) is 0 Å². The first-order chi connectivity index (χ1) is 6.00. The maximum atomic E-state index is 8.88. The number of hydrogen-bond donors (Lipinski definition) is 5. The molecule has 0 heterocycles. The molecule has 0 atom stereocenters. The van der Waals surface area contributed by atoms with E-state index in [0.29, 0.717) is 0 Å². The Labute approximate surface area is 117 Å². The predicted molar refractivity (Wildman–Crippen MR) is 33.9 cm³/mol. The number of phosphoric acid groups is 3. The molecule has 17 heavy (non-hydrogen) atoms. The van der Waals surface area contributed by atoms with Crippen LogP contribution in [0.4, 0.5) is 0 Å². The van der Waals surface area contributed by atoms with Crippen molar-refractivity contribution in [2.24, 2.45) is 0 Å². The number of hydrogen-bond acceptors (Lipinski definition) is 7. The third-order valence-corrected chi connectivity index (χ3v) is 0. The zero-order chi connectivity index (χ0) is 13.5. The Morgan fingerprint density at radius 2 is 0.706 bits per heavy atom. The van der Waals surface area contributed by atoms with E-state index in [1.54, 1.807) is 0 Å². The van der Waals surface area contributed by atoms with Gasteiger partial charge in [-0.15, -0.1) is 0 Å². The van der Waals surface area contributed by atoms with Crippen molar-refractivity contribution >= 4 is 23.5 Å². The molecule has 1 radical (unpaired) electrons. The second-order valence-corrected chi connectivity index (χ2v) is 4.35. The zero-order valence-corrected chi connectivity index (χ0v) is 11.6. The van der Waals surface area contributed by atoms with Crippen molar-refractivity contribution < 1.29 is 93.7 Å². The van der Waals surface area contributed by atoms with E-state index < -0.39 is 23.5 Å². The summed E-state index contributed by atoms with van der Waals surface area (Å²) in [5, 5.41) is 0. The van der Waals surface area contributed by atoms with Crippen molar-refractivity contribution in [3.63, 3.8) is 0 Å². The molecule has 17 heteroatoms. The Hall–Kier alpha value is 1.45. The molecular formula is H5FeLiO12P3. The molecule has 0 aliphatic rings. The molecule has 0 aliphatic heterocycles. The van der Waals surface area contributed by atoms with Crippen LogP contribution in [0, 0.1) is 0 Å². The van der Waals surface area contributed by atoms with Gasteiger partial charge in [-0.1, -0.05) is 0 Å². The maximum Gasteiger partial charge on any atom is 3.00 e. The first kappa shape index (κ1) is 31.1. The minimum atomic E-state index is -5.39. The van der Waals surface area contributed by atoms with E-state index in [1.807, 2.05) is 0 Å². The Morgan fingerprint density at radius 3 is 0.706 bits per heavy atom. The standard InChI is InChI=1S/Fe.Li.3H3O4P/c;;3*1-5(2,3)4/h;;3*(H3,1,2,3,4)/q+3;+1;;;/p-4. The summed E-state index contributed by atoms with van der Waals surface area (Å²) < 4.78 is 26.2. The van der Waals surface area contributed by atoms with Gasteiger partial charge >= 0.3 is 43.8 Å². The van der Waals surface area contributed by atoms with Gasteiger partial charge < -0.3 is 48.6 Å². The van der Waals surface area contributed by atoms with E-state index in [-0.39, 0.29) is 35.9 Å². The van der Waals surface area contributed by atoms with E-state index in [1.165, 1.54) is 0 Å². The molecule has 0 bridgehead atoms. The Balaban J connectivity index is -0.0000000400. The van der Waals surface area contributed by atoms with Crippen molar-refractivity contribution in [3.05, 3.63) is 0 Å². The topological polar surface area (TPSA) is 245 Å². The van der Waals surface area contributed by atoms with Gasteiger partial charge in [0.25, 0.3) is 7.82 Å². The van der Waals surface area contributed by atoms with Gasteiger partial charge in [-0.25, -0.2) is 4.57 Å². The van der Waals surface area contributed by atoms with Crippen LogP contribution in [0.15, 0.2) is 0 Å². The first-order valence-electron chi connectivity index (χ1n) is 2.28. The summed E-state index contributed by atoms with van der Waals surface area (Å²) in [6.07, 6.45) is 0. The summed E-state index contributed by atoms with van der Waals surface area (Å²) in [6.45, 7) is 0. The summed E-state index contributed by atoms with van der Waals surface area (Å²) in [7, 11) is -14.9. The average Bonchev–Trinajstić information content (AvgIpc) is 1.41. The smallest absolute Gasteiger partial charge is 0.822 e. The van der Waals surface area contributed by atoms with Gasteiger partial charge in [0.05, 0.1) is 0 Å². The van der Waals surface area contributed by atoms with Crippen molar-refractivity contribution in [3.8, 4) is 0 Å². The molecule has 0 unspecified atom stereocenters. The van der Waals surface area contributed by atoms with Gasteiger partial charge in [-0.05, 0) is 0 Å². The Morgan fingerprint density at radius 1 is 0.706 bits per heavy atom. The molecule has 0 fully saturated rings. The third-order valence-electron chi connectivity index (χ3n) is 0. The van der Waals surface area contributed by atoms with Crippen molar-refractivity contribution in [1.82, 2.24) is 0 Å². The normalized spacial score (nSPS) is 10.4. The molecular weight excluding hydrogens is 348 g/mol. The predicted octanol–water partition coefficient (Wildman–Crippen LogP) is -8.31. The number of rotatable bonds is 0.